The first-order valence-electron chi connectivity index (χ1n) is 9.76. The van der Waals surface area contributed by atoms with Gasteiger partial charge in [0.05, 0.1) is 27.9 Å². The monoisotopic (exact) mass is 421 g/mol. The van der Waals surface area contributed by atoms with Gasteiger partial charge in [-0.1, -0.05) is 30.3 Å². The van der Waals surface area contributed by atoms with Crippen molar-refractivity contribution >= 4 is 17.6 Å². The number of nitrogens with one attached hydrogen (secondary N) is 1. The molecule has 162 valence electrons. The number of aliphatic imine (C=N–C) groups is 1. The third-order valence-corrected chi connectivity index (χ3v) is 4.65. The second-order valence-corrected chi connectivity index (χ2v) is 6.83. The van der Waals surface area contributed by atoms with Gasteiger partial charge < -0.3 is 25.3 Å². The quantitative estimate of drug-likeness (QED) is 0.422. The van der Waals surface area contributed by atoms with Gasteiger partial charge in [-0.15, -0.1) is 0 Å². The maximum atomic E-state index is 6.19. The second kappa shape index (κ2) is 10.3. The highest BCUT2D eigenvalue weighted by atomic mass is 16.5. The maximum absolute atomic E-state index is 6.19. The van der Waals surface area contributed by atoms with E-state index in [9.17, 15) is 0 Å². The number of hydrogen-bond donors (Lipinski definition) is 2. The summed E-state index contributed by atoms with van der Waals surface area (Å²) in [5, 5.41) is 3.09. The predicted molar refractivity (Wildman–Crippen MR) is 122 cm³/mol. The van der Waals surface area contributed by atoms with E-state index in [1.165, 1.54) is 0 Å². The molecule has 31 heavy (non-hydrogen) atoms. The van der Waals surface area contributed by atoms with Crippen LogP contribution in [0.2, 0.25) is 0 Å². The van der Waals surface area contributed by atoms with Crippen molar-refractivity contribution in [3.8, 4) is 17.2 Å². The predicted octanol–water partition coefficient (Wildman–Crippen LogP) is 3.71. The molecule has 0 atom stereocenters. The van der Waals surface area contributed by atoms with E-state index in [1.807, 2.05) is 49.4 Å². The number of nitrogen functional groups attached to an aromatic ring is 1. The number of ether oxygens (including phenoxy) is 3. The summed E-state index contributed by atoms with van der Waals surface area (Å²) in [7, 11) is 4.74. The summed E-state index contributed by atoms with van der Waals surface area (Å²) in [6, 6.07) is 13.8. The van der Waals surface area contributed by atoms with Crippen LogP contribution < -0.4 is 25.3 Å². The maximum Gasteiger partial charge on any atom is 0.230 e. The summed E-state index contributed by atoms with van der Waals surface area (Å²) >= 11 is 0. The molecule has 0 radical (unpaired) electrons. The van der Waals surface area contributed by atoms with E-state index in [0.29, 0.717) is 47.8 Å². The van der Waals surface area contributed by atoms with Gasteiger partial charge in [0.25, 0.3) is 0 Å². The van der Waals surface area contributed by atoms with Crippen molar-refractivity contribution in [2.75, 3.05) is 32.4 Å². The zero-order chi connectivity index (χ0) is 22.2. The highest BCUT2D eigenvalue weighted by Gasteiger charge is 2.14. The number of hydrogen-bond acceptors (Lipinski definition) is 7. The molecule has 0 aliphatic heterocycles. The molecule has 0 saturated carbocycles. The number of nitrogens with two attached hydrogens (primary N) is 1. The van der Waals surface area contributed by atoms with E-state index in [4.69, 9.17) is 19.9 Å². The summed E-state index contributed by atoms with van der Waals surface area (Å²) in [6.07, 6.45) is 2.22. The average Bonchev–Trinajstić information content (AvgIpc) is 2.79. The molecule has 0 aliphatic rings. The molecule has 3 rings (SSSR count). The van der Waals surface area contributed by atoms with Crippen LogP contribution in [-0.4, -0.2) is 37.1 Å². The third kappa shape index (κ3) is 5.63. The van der Waals surface area contributed by atoms with Gasteiger partial charge >= 0.3 is 0 Å². The van der Waals surface area contributed by atoms with Gasteiger partial charge in [0.1, 0.15) is 11.7 Å². The lowest BCUT2D eigenvalue weighted by atomic mass is 10.1. The van der Waals surface area contributed by atoms with E-state index in [0.717, 1.165) is 16.7 Å². The number of nitrogens with zero attached hydrogens (tertiary/aromatic N) is 3. The van der Waals surface area contributed by atoms with E-state index in [2.05, 4.69) is 20.3 Å². The smallest absolute Gasteiger partial charge is 0.230 e. The van der Waals surface area contributed by atoms with Crippen LogP contribution >= 0.6 is 0 Å². The first-order valence-corrected chi connectivity index (χ1v) is 9.76. The normalized spacial score (nSPS) is 11.2. The Morgan fingerprint density at radius 3 is 2.26 bits per heavy atom. The van der Waals surface area contributed by atoms with E-state index in [1.54, 1.807) is 27.5 Å². The van der Waals surface area contributed by atoms with Gasteiger partial charge in [-0.2, -0.15) is 4.98 Å². The molecule has 8 heteroatoms. The Hall–Kier alpha value is -3.81. The summed E-state index contributed by atoms with van der Waals surface area (Å²) in [5.41, 5.74) is 9.05. The van der Waals surface area contributed by atoms with Gasteiger partial charge in [0, 0.05) is 18.2 Å². The van der Waals surface area contributed by atoms with Crippen LogP contribution in [0.4, 0.5) is 11.8 Å². The van der Waals surface area contributed by atoms with Gasteiger partial charge in [-0.05, 0) is 30.2 Å². The summed E-state index contributed by atoms with van der Waals surface area (Å²) in [5.74, 6) is 3.21. The number of aromatic nitrogens is 2. The van der Waals surface area contributed by atoms with Crippen LogP contribution in [-0.2, 0) is 13.0 Å². The molecule has 0 bridgehead atoms. The Balaban J connectivity index is 1.72. The van der Waals surface area contributed by atoms with Crippen LogP contribution in [0.15, 0.2) is 53.7 Å². The van der Waals surface area contributed by atoms with Crippen LogP contribution in [0.1, 0.15) is 23.6 Å². The number of methoxy groups -OCH3 is 3. The fourth-order valence-electron chi connectivity index (χ4n) is 3.07. The SMILES string of the molecule is COc1cc(Cc2cnc(NC(C)=NCc3ccccc3)nc2N)cc(OC)c1OC. The van der Waals surface area contributed by atoms with Crippen molar-refractivity contribution in [2.45, 2.75) is 19.9 Å². The molecule has 0 saturated heterocycles. The van der Waals surface area contributed by atoms with E-state index < -0.39 is 0 Å². The van der Waals surface area contributed by atoms with Crippen LogP contribution in [0.3, 0.4) is 0 Å². The summed E-state index contributed by atoms with van der Waals surface area (Å²) < 4.78 is 16.2. The minimum Gasteiger partial charge on any atom is -0.493 e. The zero-order valence-corrected chi connectivity index (χ0v) is 18.2. The van der Waals surface area contributed by atoms with Gasteiger partial charge in [0.2, 0.25) is 11.7 Å². The Kier molecular flexibility index (Phi) is 7.26. The third-order valence-electron chi connectivity index (χ3n) is 4.65. The Bertz CT molecular complexity index is 1030. The molecule has 2 aromatic carbocycles. The molecular formula is C23H27N5O3. The molecule has 0 aliphatic carbocycles. The molecule has 1 heterocycles. The van der Waals surface area contributed by atoms with Crippen molar-refractivity contribution in [1.82, 2.24) is 9.97 Å². The molecule has 3 aromatic rings. The van der Waals surface area contributed by atoms with E-state index in [-0.39, 0.29) is 0 Å². The molecular weight excluding hydrogens is 394 g/mol. The van der Waals surface area contributed by atoms with Crippen molar-refractivity contribution in [3.63, 3.8) is 0 Å². The molecule has 3 N–H and O–H groups in total. The molecule has 8 nitrogen and oxygen atoms in total. The van der Waals surface area contributed by atoms with Gasteiger partial charge in [-0.3, -0.25) is 4.99 Å². The zero-order valence-electron chi connectivity index (χ0n) is 18.2. The lowest BCUT2D eigenvalue weighted by molar-refractivity contribution is 0.324. The average molecular weight is 422 g/mol. The van der Waals surface area contributed by atoms with Gasteiger partial charge in [-0.25, -0.2) is 4.98 Å². The van der Waals surface area contributed by atoms with Crippen molar-refractivity contribution in [3.05, 3.63) is 65.4 Å². The van der Waals surface area contributed by atoms with Crippen LogP contribution in [0, 0.1) is 0 Å². The lowest BCUT2D eigenvalue weighted by Crippen LogP contribution is -2.12. The number of amidine groups is 1. The summed E-state index contributed by atoms with van der Waals surface area (Å²) in [6.45, 7) is 2.45. The Labute approximate surface area is 182 Å². The van der Waals surface area contributed by atoms with Crippen LogP contribution in [0.5, 0.6) is 17.2 Å². The standard InChI is InChI=1S/C23H27N5O3/c1-15(25-13-16-8-6-5-7-9-16)27-23-26-14-18(22(24)28-23)10-17-11-19(29-2)21(31-4)20(12-17)30-3/h5-9,11-12,14H,10,13H2,1-4H3,(H3,24,25,26,27,28). The number of anilines is 2. The minimum atomic E-state index is 0.391. The first-order chi connectivity index (χ1) is 15.0. The highest BCUT2D eigenvalue weighted by Crippen LogP contribution is 2.38. The molecule has 1 aromatic heterocycles. The van der Waals surface area contributed by atoms with Crippen LogP contribution in [0.25, 0.3) is 0 Å². The fraction of sp³-hybridized carbons (Fsp3) is 0.261. The first kappa shape index (κ1) is 21.9. The lowest BCUT2D eigenvalue weighted by Gasteiger charge is -2.14. The van der Waals surface area contributed by atoms with Crippen molar-refractivity contribution < 1.29 is 14.2 Å². The Morgan fingerprint density at radius 1 is 1.00 bits per heavy atom. The van der Waals surface area contributed by atoms with Gasteiger partial charge in [0.15, 0.2) is 11.5 Å². The molecule has 0 spiro atoms. The van der Waals surface area contributed by atoms with E-state index >= 15 is 0 Å². The highest BCUT2D eigenvalue weighted by molar-refractivity contribution is 5.92. The fourth-order valence-corrected chi connectivity index (χ4v) is 3.07. The Morgan fingerprint density at radius 2 is 1.68 bits per heavy atom. The second-order valence-electron chi connectivity index (χ2n) is 6.83. The number of rotatable bonds is 8. The molecule has 0 unspecified atom stereocenters. The molecule has 0 fully saturated rings. The number of benzene rings is 2. The molecule has 0 amide bonds. The van der Waals surface area contributed by atoms with Crippen molar-refractivity contribution in [1.29, 1.82) is 0 Å². The van der Waals surface area contributed by atoms with Crippen molar-refractivity contribution in [2.24, 2.45) is 4.99 Å². The summed E-state index contributed by atoms with van der Waals surface area (Å²) in [4.78, 5) is 13.3. The largest absolute Gasteiger partial charge is 0.493 e. The minimum absolute atomic E-state index is 0.391. The topological polar surface area (TPSA) is 104 Å².